The van der Waals surface area contributed by atoms with E-state index in [-0.39, 0.29) is 0 Å². The SMILES string of the molecule is Cc1c(Cl)nnc(-n2nnc3ccccc32)c1C. The molecule has 0 bridgehead atoms. The van der Waals surface area contributed by atoms with Gasteiger partial charge in [0.1, 0.15) is 5.52 Å². The number of fused-ring (bicyclic) bond motifs is 1. The van der Waals surface area contributed by atoms with Gasteiger partial charge in [0.05, 0.1) is 5.52 Å². The highest BCUT2D eigenvalue weighted by atomic mass is 35.5. The predicted molar refractivity (Wildman–Crippen MR) is 68.9 cm³/mol. The van der Waals surface area contributed by atoms with Gasteiger partial charge in [0.15, 0.2) is 11.0 Å². The summed E-state index contributed by atoms with van der Waals surface area (Å²) in [6.07, 6.45) is 0. The highest BCUT2D eigenvalue weighted by Gasteiger charge is 2.13. The molecule has 3 rings (SSSR count). The van der Waals surface area contributed by atoms with Crippen LogP contribution >= 0.6 is 11.6 Å². The van der Waals surface area contributed by atoms with Crippen LogP contribution in [0.15, 0.2) is 24.3 Å². The summed E-state index contributed by atoms with van der Waals surface area (Å²) >= 11 is 5.95. The topological polar surface area (TPSA) is 56.5 Å². The zero-order valence-electron chi connectivity index (χ0n) is 9.92. The molecule has 6 heteroatoms. The van der Waals surface area contributed by atoms with Gasteiger partial charge in [0, 0.05) is 5.56 Å². The molecule has 1 aromatic carbocycles. The first kappa shape index (κ1) is 11.1. The molecule has 0 aliphatic carbocycles. The Kier molecular flexibility index (Phi) is 2.48. The Labute approximate surface area is 108 Å². The molecule has 2 aromatic heterocycles. The minimum absolute atomic E-state index is 0.417. The molecule has 0 N–H and O–H groups in total. The van der Waals surface area contributed by atoms with Crippen LogP contribution < -0.4 is 0 Å². The lowest BCUT2D eigenvalue weighted by molar-refractivity contribution is 0.770. The van der Waals surface area contributed by atoms with Crippen molar-refractivity contribution >= 4 is 22.6 Å². The van der Waals surface area contributed by atoms with Crippen LogP contribution in [0.4, 0.5) is 0 Å². The maximum Gasteiger partial charge on any atom is 0.181 e. The van der Waals surface area contributed by atoms with E-state index < -0.39 is 0 Å². The number of rotatable bonds is 1. The highest BCUT2D eigenvalue weighted by molar-refractivity contribution is 6.30. The van der Waals surface area contributed by atoms with Gasteiger partial charge in [-0.25, -0.2) is 0 Å². The summed E-state index contributed by atoms with van der Waals surface area (Å²) in [6, 6.07) is 7.71. The van der Waals surface area contributed by atoms with Gasteiger partial charge in [-0.15, -0.1) is 15.3 Å². The maximum atomic E-state index is 5.95. The van der Waals surface area contributed by atoms with Crippen LogP contribution in [0.5, 0.6) is 0 Å². The van der Waals surface area contributed by atoms with Crippen molar-refractivity contribution in [3.05, 3.63) is 40.5 Å². The van der Waals surface area contributed by atoms with Gasteiger partial charge >= 0.3 is 0 Å². The largest absolute Gasteiger partial charge is 0.192 e. The summed E-state index contributed by atoms with van der Waals surface area (Å²) in [6.45, 7) is 3.86. The van der Waals surface area contributed by atoms with Gasteiger partial charge in [0.25, 0.3) is 0 Å². The average Bonchev–Trinajstić information content (AvgIpc) is 2.80. The van der Waals surface area contributed by atoms with Gasteiger partial charge < -0.3 is 0 Å². The molecule has 0 radical (unpaired) electrons. The van der Waals surface area contributed by atoms with E-state index in [4.69, 9.17) is 11.6 Å². The molecule has 0 aliphatic rings. The van der Waals surface area contributed by atoms with E-state index >= 15 is 0 Å². The first-order valence-electron chi connectivity index (χ1n) is 5.48. The lowest BCUT2D eigenvalue weighted by atomic mass is 10.2. The second-order valence-electron chi connectivity index (χ2n) is 4.05. The third kappa shape index (κ3) is 1.55. The van der Waals surface area contributed by atoms with E-state index in [1.54, 1.807) is 4.68 Å². The number of hydrogen-bond acceptors (Lipinski definition) is 4. The number of hydrogen-bond donors (Lipinski definition) is 0. The van der Waals surface area contributed by atoms with Gasteiger partial charge in [-0.3, -0.25) is 0 Å². The van der Waals surface area contributed by atoms with E-state index in [0.717, 1.165) is 22.2 Å². The molecule has 0 spiro atoms. The molecule has 0 saturated heterocycles. The first-order valence-corrected chi connectivity index (χ1v) is 5.86. The summed E-state index contributed by atoms with van der Waals surface area (Å²) in [5, 5.41) is 16.7. The summed E-state index contributed by atoms with van der Waals surface area (Å²) in [7, 11) is 0. The van der Waals surface area contributed by atoms with E-state index in [9.17, 15) is 0 Å². The van der Waals surface area contributed by atoms with Crippen molar-refractivity contribution in [2.75, 3.05) is 0 Å². The minimum atomic E-state index is 0.417. The molecule has 0 fully saturated rings. The quantitative estimate of drug-likeness (QED) is 0.674. The maximum absolute atomic E-state index is 5.95. The monoisotopic (exact) mass is 259 g/mol. The van der Waals surface area contributed by atoms with Gasteiger partial charge in [-0.2, -0.15) is 4.68 Å². The third-order valence-electron chi connectivity index (χ3n) is 2.99. The predicted octanol–water partition coefficient (Wildman–Crippen LogP) is 2.48. The van der Waals surface area contributed by atoms with Crippen molar-refractivity contribution in [1.82, 2.24) is 25.2 Å². The Morgan fingerprint density at radius 3 is 2.61 bits per heavy atom. The zero-order chi connectivity index (χ0) is 12.7. The lowest BCUT2D eigenvalue weighted by Crippen LogP contribution is -2.06. The van der Waals surface area contributed by atoms with Crippen LogP contribution in [0.1, 0.15) is 11.1 Å². The van der Waals surface area contributed by atoms with Crippen molar-refractivity contribution in [3.63, 3.8) is 0 Å². The smallest absolute Gasteiger partial charge is 0.181 e. The van der Waals surface area contributed by atoms with Crippen LogP contribution in [0.2, 0.25) is 5.15 Å². The first-order chi connectivity index (χ1) is 8.68. The molecule has 3 aromatic rings. The van der Waals surface area contributed by atoms with Crippen LogP contribution in [-0.2, 0) is 0 Å². The Hall–Kier alpha value is -2.01. The van der Waals surface area contributed by atoms with Gasteiger partial charge in [-0.05, 0) is 31.5 Å². The molecule has 0 atom stereocenters. The minimum Gasteiger partial charge on any atom is -0.192 e. The molecule has 0 saturated carbocycles. The molecular formula is C12H10ClN5. The summed E-state index contributed by atoms with van der Waals surface area (Å²) in [4.78, 5) is 0. The van der Waals surface area contributed by atoms with E-state index in [1.807, 2.05) is 38.1 Å². The van der Waals surface area contributed by atoms with Crippen LogP contribution in [0.25, 0.3) is 16.9 Å². The van der Waals surface area contributed by atoms with E-state index in [0.29, 0.717) is 11.0 Å². The number of aromatic nitrogens is 5. The summed E-state index contributed by atoms with van der Waals surface area (Å²) in [5.74, 6) is 0.658. The van der Waals surface area contributed by atoms with Crippen LogP contribution in [0.3, 0.4) is 0 Å². The molecule has 90 valence electrons. The fourth-order valence-electron chi connectivity index (χ4n) is 1.79. The molecule has 2 heterocycles. The van der Waals surface area contributed by atoms with Crippen molar-refractivity contribution in [2.24, 2.45) is 0 Å². The lowest BCUT2D eigenvalue weighted by Gasteiger charge is -2.07. The second kappa shape index (κ2) is 4.03. The Morgan fingerprint density at radius 2 is 1.78 bits per heavy atom. The van der Waals surface area contributed by atoms with Crippen molar-refractivity contribution in [2.45, 2.75) is 13.8 Å². The standard InChI is InChI=1S/C12H10ClN5/c1-7-8(2)12(16-15-11(7)13)18-10-6-4-3-5-9(10)14-17-18/h3-6H,1-2H3. The fraction of sp³-hybridized carbons (Fsp3) is 0.167. The van der Waals surface area contributed by atoms with Gasteiger partial charge in [-0.1, -0.05) is 28.9 Å². The van der Waals surface area contributed by atoms with Crippen LogP contribution in [0, 0.1) is 13.8 Å². The third-order valence-corrected chi connectivity index (χ3v) is 3.35. The average molecular weight is 260 g/mol. The Morgan fingerprint density at radius 1 is 1.00 bits per heavy atom. The zero-order valence-corrected chi connectivity index (χ0v) is 10.7. The van der Waals surface area contributed by atoms with Gasteiger partial charge in [0.2, 0.25) is 0 Å². The number of benzene rings is 1. The van der Waals surface area contributed by atoms with Crippen LogP contribution in [-0.4, -0.2) is 25.2 Å². The normalized spacial score (nSPS) is 11.1. The number of halogens is 1. The molecule has 0 unspecified atom stereocenters. The number of nitrogens with zero attached hydrogens (tertiary/aromatic N) is 5. The molecular weight excluding hydrogens is 250 g/mol. The molecule has 5 nitrogen and oxygen atoms in total. The Bertz CT molecular complexity index is 734. The summed E-state index contributed by atoms with van der Waals surface area (Å²) in [5.41, 5.74) is 3.58. The fourth-order valence-corrected chi connectivity index (χ4v) is 1.97. The number of para-hydroxylation sites is 1. The van der Waals surface area contributed by atoms with E-state index in [1.165, 1.54) is 0 Å². The summed E-state index contributed by atoms with van der Waals surface area (Å²) < 4.78 is 1.68. The second-order valence-corrected chi connectivity index (χ2v) is 4.41. The van der Waals surface area contributed by atoms with Crippen molar-refractivity contribution in [1.29, 1.82) is 0 Å². The molecule has 0 aliphatic heterocycles. The van der Waals surface area contributed by atoms with Crippen molar-refractivity contribution < 1.29 is 0 Å². The highest BCUT2D eigenvalue weighted by Crippen LogP contribution is 2.22. The van der Waals surface area contributed by atoms with E-state index in [2.05, 4.69) is 20.5 Å². The van der Waals surface area contributed by atoms with Crippen molar-refractivity contribution in [3.8, 4) is 5.82 Å². The molecule has 0 amide bonds. The Balaban J connectivity index is 2.30. The molecule has 18 heavy (non-hydrogen) atoms.